The second-order valence-corrected chi connectivity index (χ2v) is 5.14. The first kappa shape index (κ1) is 20.4. The Hall–Kier alpha value is -1.89. The molecule has 0 aromatic carbocycles. The SMILES string of the molecule is C=C/C=C(\C=C)C(=O)NCCS(=O)(=O)NC(C)=O.CC.[HH].[HH]. The van der Waals surface area contributed by atoms with Crippen molar-refractivity contribution < 1.29 is 20.9 Å². The highest BCUT2D eigenvalue weighted by molar-refractivity contribution is 7.90. The minimum absolute atomic E-state index is 0. The van der Waals surface area contributed by atoms with Crippen LogP contribution in [0.5, 0.6) is 0 Å². The predicted octanol–water partition coefficient (Wildman–Crippen LogP) is 1.39. The summed E-state index contributed by atoms with van der Waals surface area (Å²) in [5, 5.41) is 2.39. The molecule has 6 nitrogen and oxygen atoms in total. The first-order valence-corrected chi connectivity index (χ1v) is 7.72. The van der Waals surface area contributed by atoms with Gasteiger partial charge in [0.05, 0.1) is 5.75 Å². The van der Waals surface area contributed by atoms with Gasteiger partial charge in [-0.25, -0.2) is 8.42 Å². The summed E-state index contributed by atoms with van der Waals surface area (Å²) in [5.74, 6) is -1.50. The molecule has 118 valence electrons. The number of nitrogens with one attached hydrogen (secondary N) is 2. The molecule has 0 fully saturated rings. The second-order valence-electron chi connectivity index (χ2n) is 3.29. The number of hydrogen-bond donors (Lipinski definition) is 2. The Bertz CT molecular complexity index is 488. The Morgan fingerprint density at radius 3 is 2.20 bits per heavy atom. The lowest BCUT2D eigenvalue weighted by atomic mass is 10.2. The Labute approximate surface area is 123 Å². The van der Waals surface area contributed by atoms with Gasteiger partial charge in [0.1, 0.15) is 0 Å². The second kappa shape index (κ2) is 11.0. The number of sulfonamides is 1. The molecule has 0 spiro atoms. The highest BCUT2D eigenvalue weighted by atomic mass is 32.2. The third-order valence-corrected chi connectivity index (χ3v) is 3.08. The van der Waals surface area contributed by atoms with Crippen LogP contribution in [-0.4, -0.2) is 32.5 Å². The van der Waals surface area contributed by atoms with Crippen molar-refractivity contribution in [2.75, 3.05) is 12.3 Å². The van der Waals surface area contributed by atoms with E-state index in [1.165, 1.54) is 18.2 Å². The zero-order valence-electron chi connectivity index (χ0n) is 12.1. The van der Waals surface area contributed by atoms with Crippen LogP contribution in [0.2, 0.25) is 0 Å². The number of carbonyl (C=O) groups excluding carboxylic acids is 2. The fourth-order valence-corrected chi connectivity index (χ4v) is 1.95. The number of hydrogen-bond acceptors (Lipinski definition) is 4. The van der Waals surface area contributed by atoms with E-state index in [4.69, 9.17) is 0 Å². The molecule has 20 heavy (non-hydrogen) atoms. The van der Waals surface area contributed by atoms with Crippen molar-refractivity contribution in [1.82, 2.24) is 10.0 Å². The van der Waals surface area contributed by atoms with Crippen LogP contribution in [0.25, 0.3) is 0 Å². The largest absolute Gasteiger partial charge is 0.351 e. The molecule has 0 aromatic heterocycles. The van der Waals surface area contributed by atoms with Gasteiger partial charge in [-0.3, -0.25) is 14.3 Å². The monoisotopic (exact) mass is 306 g/mol. The van der Waals surface area contributed by atoms with Crippen LogP contribution in [0, 0.1) is 0 Å². The number of carbonyl (C=O) groups is 2. The molecule has 0 rings (SSSR count). The summed E-state index contributed by atoms with van der Waals surface area (Å²) in [6.07, 6.45) is 4.20. The number of rotatable bonds is 7. The summed E-state index contributed by atoms with van der Waals surface area (Å²) in [4.78, 5) is 22.1. The maximum absolute atomic E-state index is 11.5. The van der Waals surface area contributed by atoms with Crippen molar-refractivity contribution in [3.8, 4) is 0 Å². The van der Waals surface area contributed by atoms with E-state index < -0.39 is 21.8 Å². The van der Waals surface area contributed by atoms with Crippen molar-refractivity contribution in [2.45, 2.75) is 20.8 Å². The standard InChI is InChI=1S/C11H16N2O4S.C2H6.2H2/c1-4-6-10(5-2)11(15)12-7-8-18(16,17)13-9(3)14;1-2;;/h4-6H,1-2,7-8H2,3H3,(H,12,15)(H,13,14);1-2H3;2*1H/b10-6+;;;. The van der Waals surface area contributed by atoms with E-state index in [1.54, 1.807) is 4.72 Å². The smallest absolute Gasteiger partial charge is 0.251 e. The third-order valence-electron chi connectivity index (χ3n) is 1.74. The number of amides is 2. The van der Waals surface area contributed by atoms with Crippen LogP contribution in [0.1, 0.15) is 23.6 Å². The van der Waals surface area contributed by atoms with Gasteiger partial charge >= 0.3 is 0 Å². The lowest BCUT2D eigenvalue weighted by molar-refractivity contribution is -0.117. The van der Waals surface area contributed by atoms with E-state index >= 15 is 0 Å². The molecule has 7 heteroatoms. The van der Waals surface area contributed by atoms with Crippen LogP contribution in [0.4, 0.5) is 0 Å². The highest BCUT2D eigenvalue weighted by Crippen LogP contribution is 1.95. The molecule has 2 N–H and O–H groups in total. The summed E-state index contributed by atoms with van der Waals surface area (Å²) in [5.41, 5.74) is 0.280. The molecule has 2 amide bonds. The maximum Gasteiger partial charge on any atom is 0.251 e. The van der Waals surface area contributed by atoms with Gasteiger partial charge in [-0.15, -0.1) is 0 Å². The topological polar surface area (TPSA) is 92.3 Å². The lowest BCUT2D eigenvalue weighted by Gasteiger charge is -2.06. The molecule has 0 aliphatic rings. The molecule has 0 bridgehead atoms. The molecule has 0 aliphatic heterocycles. The average Bonchev–Trinajstić information content (AvgIpc) is 2.36. The summed E-state index contributed by atoms with van der Waals surface area (Å²) < 4.78 is 24.3. The maximum atomic E-state index is 11.5. The molecule has 0 atom stereocenters. The van der Waals surface area contributed by atoms with Crippen molar-refractivity contribution in [3.63, 3.8) is 0 Å². The lowest BCUT2D eigenvalue weighted by Crippen LogP contribution is -2.36. The molecule has 0 aromatic rings. The van der Waals surface area contributed by atoms with E-state index in [0.717, 1.165) is 6.92 Å². The first-order valence-electron chi connectivity index (χ1n) is 6.07. The Balaban J connectivity index is -0.000000387. The Kier molecular flexibility index (Phi) is 11.2. The van der Waals surface area contributed by atoms with Crippen LogP contribution in [0.15, 0.2) is 37.0 Å². The van der Waals surface area contributed by atoms with Gasteiger partial charge in [0.15, 0.2) is 0 Å². The van der Waals surface area contributed by atoms with E-state index in [9.17, 15) is 18.0 Å². The zero-order valence-corrected chi connectivity index (χ0v) is 12.9. The van der Waals surface area contributed by atoms with Gasteiger partial charge in [0.25, 0.3) is 5.91 Å². The van der Waals surface area contributed by atoms with Crippen molar-refractivity contribution in [1.29, 1.82) is 0 Å². The minimum Gasteiger partial charge on any atom is -0.351 e. The molecule has 0 radical (unpaired) electrons. The molecule has 0 heterocycles. The van der Waals surface area contributed by atoms with Crippen molar-refractivity contribution >= 4 is 21.8 Å². The van der Waals surface area contributed by atoms with Gasteiger partial charge in [-0.1, -0.05) is 45.2 Å². The summed E-state index contributed by atoms with van der Waals surface area (Å²) in [6.45, 7) is 11.9. The van der Waals surface area contributed by atoms with Gasteiger partial charge < -0.3 is 5.32 Å². The third kappa shape index (κ3) is 10.1. The summed E-state index contributed by atoms with van der Waals surface area (Å²) >= 11 is 0. The molecule has 0 saturated heterocycles. The molecular formula is C13H26N2O4S. The molecular weight excluding hydrogens is 280 g/mol. The van der Waals surface area contributed by atoms with Crippen molar-refractivity contribution in [3.05, 3.63) is 37.0 Å². The minimum atomic E-state index is -3.70. The highest BCUT2D eigenvalue weighted by Gasteiger charge is 2.12. The van der Waals surface area contributed by atoms with Crippen molar-refractivity contribution in [2.24, 2.45) is 0 Å². The van der Waals surface area contributed by atoms with Gasteiger partial charge in [-0.05, 0) is 0 Å². The van der Waals surface area contributed by atoms with Gasteiger partial charge in [0, 0.05) is 21.9 Å². The Morgan fingerprint density at radius 2 is 1.80 bits per heavy atom. The molecule has 0 aliphatic carbocycles. The average molecular weight is 306 g/mol. The van der Waals surface area contributed by atoms with E-state index in [-0.39, 0.29) is 20.7 Å². The normalized spacial score (nSPS) is 10.7. The van der Waals surface area contributed by atoms with Crippen LogP contribution >= 0.6 is 0 Å². The molecule has 0 saturated carbocycles. The van der Waals surface area contributed by atoms with Gasteiger partial charge in [0.2, 0.25) is 15.9 Å². The number of allylic oxidation sites excluding steroid dienone is 2. The molecule has 0 unspecified atom stereocenters. The summed E-state index contributed by atoms with van der Waals surface area (Å²) in [6, 6.07) is 0. The van der Waals surface area contributed by atoms with E-state index in [1.807, 2.05) is 13.8 Å². The van der Waals surface area contributed by atoms with Crippen LogP contribution < -0.4 is 10.0 Å². The zero-order chi connectivity index (χ0) is 16.2. The Morgan fingerprint density at radius 1 is 1.25 bits per heavy atom. The van der Waals surface area contributed by atoms with Crippen LogP contribution in [0.3, 0.4) is 0 Å². The quantitative estimate of drug-likeness (QED) is 0.549. The fraction of sp³-hybridized carbons (Fsp3) is 0.385. The fourth-order valence-electron chi connectivity index (χ4n) is 1.03. The first-order chi connectivity index (χ1) is 9.32. The van der Waals surface area contributed by atoms with Gasteiger partial charge in [-0.2, -0.15) is 0 Å². The predicted molar refractivity (Wildman–Crippen MR) is 84.7 cm³/mol. The van der Waals surface area contributed by atoms with E-state index in [0.29, 0.717) is 0 Å². The summed E-state index contributed by atoms with van der Waals surface area (Å²) in [7, 11) is -3.70. The van der Waals surface area contributed by atoms with Crippen LogP contribution in [-0.2, 0) is 19.6 Å². The van der Waals surface area contributed by atoms with E-state index in [2.05, 4.69) is 18.5 Å².